The van der Waals surface area contributed by atoms with E-state index in [0.29, 0.717) is 24.6 Å². The van der Waals surface area contributed by atoms with Crippen molar-refractivity contribution < 1.29 is 9.47 Å². The van der Waals surface area contributed by atoms with Gasteiger partial charge >= 0.3 is 0 Å². The first-order valence-electron chi connectivity index (χ1n) is 8.45. The van der Waals surface area contributed by atoms with Crippen molar-refractivity contribution in [2.24, 2.45) is 5.73 Å². The van der Waals surface area contributed by atoms with E-state index < -0.39 is 0 Å². The van der Waals surface area contributed by atoms with Gasteiger partial charge < -0.3 is 15.2 Å². The molecule has 0 saturated heterocycles. The minimum Gasteiger partial charge on any atom is -0.489 e. The number of ether oxygens (including phenoxy) is 2. The smallest absolute Gasteiger partial charge is 0.123 e. The summed E-state index contributed by atoms with van der Waals surface area (Å²) in [5, 5.41) is 0. The van der Waals surface area contributed by atoms with Crippen molar-refractivity contribution >= 4 is 17.2 Å². The summed E-state index contributed by atoms with van der Waals surface area (Å²) in [6.07, 6.45) is 0.513. The van der Waals surface area contributed by atoms with Gasteiger partial charge in [0.15, 0.2) is 0 Å². The molecule has 0 aliphatic heterocycles. The highest BCUT2D eigenvalue weighted by Gasteiger charge is 2.06. The van der Waals surface area contributed by atoms with Crippen molar-refractivity contribution in [1.82, 2.24) is 0 Å². The predicted octanol–water partition coefficient (Wildman–Crippen LogP) is 4.67. The van der Waals surface area contributed by atoms with Crippen molar-refractivity contribution in [2.75, 3.05) is 0 Å². The van der Waals surface area contributed by atoms with Crippen LogP contribution >= 0.6 is 12.2 Å². The topological polar surface area (TPSA) is 44.5 Å². The Balaban J connectivity index is 1.73. The van der Waals surface area contributed by atoms with Crippen molar-refractivity contribution in [2.45, 2.75) is 19.6 Å². The lowest BCUT2D eigenvalue weighted by Gasteiger charge is -2.12. The molecule has 0 aliphatic rings. The lowest BCUT2D eigenvalue weighted by molar-refractivity contribution is 0.289. The van der Waals surface area contributed by atoms with E-state index in [0.717, 1.165) is 28.2 Å². The quantitative estimate of drug-likeness (QED) is 0.591. The van der Waals surface area contributed by atoms with E-state index in [1.54, 1.807) is 0 Å². The Morgan fingerprint density at radius 1 is 0.692 bits per heavy atom. The highest BCUT2D eigenvalue weighted by atomic mass is 32.1. The summed E-state index contributed by atoms with van der Waals surface area (Å²) < 4.78 is 11.9. The monoisotopic (exact) mass is 363 g/mol. The summed E-state index contributed by atoms with van der Waals surface area (Å²) in [6, 6.07) is 25.9. The molecule has 2 N–H and O–H groups in total. The van der Waals surface area contributed by atoms with E-state index in [1.807, 2.05) is 78.9 Å². The van der Waals surface area contributed by atoms with E-state index in [1.165, 1.54) is 0 Å². The summed E-state index contributed by atoms with van der Waals surface area (Å²) in [7, 11) is 0. The Kier molecular flexibility index (Phi) is 6.23. The second-order valence-electron chi connectivity index (χ2n) is 6.00. The predicted molar refractivity (Wildman–Crippen MR) is 108 cm³/mol. The van der Waals surface area contributed by atoms with Crippen molar-refractivity contribution in [3.05, 3.63) is 95.6 Å². The summed E-state index contributed by atoms with van der Waals surface area (Å²) in [5.41, 5.74) is 8.90. The lowest BCUT2D eigenvalue weighted by atomic mass is 10.1. The molecule has 0 saturated carbocycles. The number of thiocarbonyl (C=S) groups is 1. The number of hydrogen-bond acceptors (Lipinski definition) is 3. The largest absolute Gasteiger partial charge is 0.489 e. The van der Waals surface area contributed by atoms with Crippen LogP contribution in [0, 0.1) is 0 Å². The molecule has 0 unspecified atom stereocenters. The average Bonchev–Trinajstić information content (AvgIpc) is 2.66. The first kappa shape index (κ1) is 18.0. The van der Waals surface area contributed by atoms with Crippen LogP contribution in [0.15, 0.2) is 78.9 Å². The van der Waals surface area contributed by atoms with Gasteiger partial charge in [-0.05, 0) is 28.8 Å². The van der Waals surface area contributed by atoms with E-state index >= 15 is 0 Å². The molecule has 0 fully saturated rings. The Morgan fingerprint density at radius 2 is 1.15 bits per heavy atom. The molecule has 0 amide bonds. The molecule has 0 aliphatic carbocycles. The molecule has 0 spiro atoms. The van der Waals surface area contributed by atoms with Gasteiger partial charge in [0, 0.05) is 12.5 Å². The molecule has 0 atom stereocenters. The maximum Gasteiger partial charge on any atom is 0.123 e. The standard InChI is InChI=1S/C22H21NO2S/c23-22(26)13-19-11-20(24-15-17-7-3-1-4-8-17)14-21(12-19)25-16-18-9-5-2-6-10-18/h1-12,14H,13,15-16H2,(H2,23,26). The lowest BCUT2D eigenvalue weighted by Crippen LogP contribution is -2.11. The van der Waals surface area contributed by atoms with E-state index in [-0.39, 0.29) is 0 Å². The molecule has 3 nitrogen and oxygen atoms in total. The van der Waals surface area contributed by atoms with Gasteiger partial charge in [-0.15, -0.1) is 0 Å². The molecule has 3 aromatic carbocycles. The number of nitrogens with two attached hydrogens (primary N) is 1. The maximum absolute atomic E-state index is 5.94. The number of benzene rings is 3. The van der Waals surface area contributed by atoms with Crippen molar-refractivity contribution in [1.29, 1.82) is 0 Å². The Labute approximate surface area is 159 Å². The Bertz CT molecular complexity index is 789. The van der Waals surface area contributed by atoms with Gasteiger partial charge in [0.1, 0.15) is 24.7 Å². The van der Waals surface area contributed by atoms with Crippen LogP contribution in [0.2, 0.25) is 0 Å². The fourth-order valence-corrected chi connectivity index (χ4v) is 2.75. The molecule has 0 radical (unpaired) electrons. The van der Waals surface area contributed by atoms with Gasteiger partial charge in [-0.2, -0.15) is 0 Å². The molecule has 0 bridgehead atoms. The van der Waals surface area contributed by atoms with Crippen LogP contribution in [-0.4, -0.2) is 4.99 Å². The van der Waals surface area contributed by atoms with Crippen LogP contribution in [-0.2, 0) is 19.6 Å². The minimum absolute atomic E-state index is 0.444. The van der Waals surface area contributed by atoms with E-state index in [9.17, 15) is 0 Å². The van der Waals surface area contributed by atoms with Gasteiger partial charge in [0.05, 0.1) is 4.99 Å². The van der Waals surface area contributed by atoms with Crippen LogP contribution in [0.1, 0.15) is 16.7 Å². The normalized spacial score (nSPS) is 10.3. The molecule has 3 rings (SSSR count). The van der Waals surface area contributed by atoms with Crippen LogP contribution in [0.3, 0.4) is 0 Å². The highest BCUT2D eigenvalue weighted by molar-refractivity contribution is 7.80. The summed E-state index contributed by atoms with van der Waals surface area (Å²) in [6.45, 7) is 0.991. The van der Waals surface area contributed by atoms with Crippen LogP contribution in [0.4, 0.5) is 0 Å². The zero-order valence-corrected chi connectivity index (χ0v) is 15.2. The SMILES string of the molecule is NC(=S)Cc1cc(OCc2ccccc2)cc(OCc2ccccc2)c1. The second kappa shape index (κ2) is 9.02. The molecule has 132 valence electrons. The molecular weight excluding hydrogens is 342 g/mol. The molecule has 0 aromatic heterocycles. The average molecular weight is 363 g/mol. The van der Waals surface area contributed by atoms with Crippen molar-refractivity contribution in [3.63, 3.8) is 0 Å². The summed E-state index contributed by atoms with van der Waals surface area (Å²) >= 11 is 5.04. The molecule has 26 heavy (non-hydrogen) atoms. The third-order valence-electron chi connectivity index (χ3n) is 3.81. The third kappa shape index (κ3) is 5.60. The summed E-state index contributed by atoms with van der Waals surface area (Å²) in [4.78, 5) is 0.444. The summed E-state index contributed by atoms with van der Waals surface area (Å²) in [5.74, 6) is 1.48. The fourth-order valence-electron chi connectivity index (χ4n) is 2.58. The van der Waals surface area contributed by atoms with Gasteiger partial charge in [0.2, 0.25) is 0 Å². The van der Waals surface area contributed by atoms with Crippen LogP contribution in [0.25, 0.3) is 0 Å². The number of rotatable bonds is 8. The first-order valence-corrected chi connectivity index (χ1v) is 8.85. The maximum atomic E-state index is 5.94. The molecule has 0 heterocycles. The van der Waals surface area contributed by atoms with E-state index in [4.69, 9.17) is 27.4 Å². The first-order chi connectivity index (χ1) is 12.7. The highest BCUT2D eigenvalue weighted by Crippen LogP contribution is 2.25. The fraction of sp³-hybridized carbons (Fsp3) is 0.136. The van der Waals surface area contributed by atoms with Crippen molar-refractivity contribution in [3.8, 4) is 11.5 Å². The van der Waals surface area contributed by atoms with Gasteiger partial charge in [0.25, 0.3) is 0 Å². The Hall–Kier alpha value is -2.85. The zero-order valence-electron chi connectivity index (χ0n) is 14.4. The third-order valence-corrected chi connectivity index (χ3v) is 3.96. The van der Waals surface area contributed by atoms with Crippen LogP contribution < -0.4 is 15.2 Å². The second-order valence-corrected chi connectivity index (χ2v) is 6.53. The zero-order chi connectivity index (χ0) is 18.2. The Morgan fingerprint density at radius 3 is 1.58 bits per heavy atom. The van der Waals surface area contributed by atoms with Gasteiger partial charge in [-0.1, -0.05) is 72.9 Å². The minimum atomic E-state index is 0.444. The van der Waals surface area contributed by atoms with E-state index in [2.05, 4.69) is 0 Å². The molecule has 3 aromatic rings. The molecule has 4 heteroatoms. The van der Waals surface area contributed by atoms with Gasteiger partial charge in [-0.3, -0.25) is 0 Å². The van der Waals surface area contributed by atoms with Crippen LogP contribution in [0.5, 0.6) is 11.5 Å². The molecular formula is C22H21NO2S. The van der Waals surface area contributed by atoms with Gasteiger partial charge in [-0.25, -0.2) is 0 Å². The number of hydrogen-bond donors (Lipinski definition) is 1.